The van der Waals surface area contributed by atoms with Crippen LogP contribution in [-0.4, -0.2) is 22.1 Å². The average Bonchev–Trinajstić information content (AvgIpc) is 3.66. The van der Waals surface area contributed by atoms with Gasteiger partial charge in [0.15, 0.2) is 5.75 Å². The number of nitrogens with one attached hydrogen (secondary N) is 3. The lowest BCUT2D eigenvalue weighted by atomic mass is 10.2. The summed E-state index contributed by atoms with van der Waals surface area (Å²) in [6, 6.07) is 22.2. The number of aromatic amines is 2. The molecule has 8 rings (SSSR count). The molecule has 4 heterocycles. The second kappa shape index (κ2) is 9.21. The van der Waals surface area contributed by atoms with E-state index in [0.29, 0.717) is 34.0 Å². The Morgan fingerprint density at radius 3 is 1.40 bits per heavy atom. The molecule has 0 saturated heterocycles. The van der Waals surface area contributed by atoms with E-state index in [1.807, 2.05) is 48.5 Å². The van der Waals surface area contributed by atoms with Crippen LogP contribution in [0.15, 0.2) is 82.8 Å². The van der Waals surface area contributed by atoms with Gasteiger partial charge in [0.2, 0.25) is 29.1 Å². The van der Waals surface area contributed by atoms with Crippen LogP contribution in [0.5, 0.6) is 5.75 Å². The van der Waals surface area contributed by atoms with E-state index in [1.54, 1.807) is 24.3 Å². The molecule has 0 amide bonds. The largest absolute Gasteiger partial charge is 0.538 e. The van der Waals surface area contributed by atoms with Gasteiger partial charge in [-0.1, -0.05) is 72.8 Å². The van der Waals surface area contributed by atoms with Crippen LogP contribution in [0.3, 0.4) is 0 Å². The maximum Gasteiger partial charge on any atom is 0.529 e. The van der Waals surface area contributed by atoms with Crippen molar-refractivity contribution >= 4 is 63.2 Å². The molecule has 1 radical (unpaired) electrons. The lowest BCUT2D eigenvalue weighted by Crippen LogP contribution is -2.35. The minimum absolute atomic E-state index is 0.230. The molecule has 0 spiro atoms. The van der Waals surface area contributed by atoms with Crippen LogP contribution in [0.25, 0.3) is 32.3 Å². The molecule has 0 unspecified atom stereocenters. The van der Waals surface area contributed by atoms with Gasteiger partial charge in [-0.3, -0.25) is 0 Å². The Hall–Kier alpha value is -5.59. The predicted molar refractivity (Wildman–Crippen MR) is 151 cm³/mol. The van der Waals surface area contributed by atoms with E-state index in [1.165, 1.54) is 4.48 Å². The molecule has 0 atom stereocenters. The number of benzene rings is 4. The SMILES string of the molecule is Fc1c(F)c(F)c(O[B]n2c3c4ccccc4c2=Nc2[nH]c(c4ccccc24)Nc2[nH]c(c4ccccc24)N=3)c(F)c1F. The molecule has 3 N–H and O–H groups in total. The van der Waals surface area contributed by atoms with Gasteiger partial charge in [-0.15, -0.1) is 0 Å². The number of hydrogen-bond donors (Lipinski definition) is 3. The Kier molecular flexibility index (Phi) is 5.39. The van der Waals surface area contributed by atoms with E-state index in [2.05, 4.69) is 15.3 Å². The number of hydrogen-bond acceptors (Lipinski definition) is 4. The van der Waals surface area contributed by atoms with E-state index in [4.69, 9.17) is 14.6 Å². The third kappa shape index (κ3) is 3.67. The molecule has 6 bridgehead atoms. The lowest BCUT2D eigenvalue weighted by molar-refractivity contribution is 0.349. The summed E-state index contributed by atoms with van der Waals surface area (Å²) in [5.74, 6) is -10.0. The van der Waals surface area contributed by atoms with Crippen LogP contribution in [-0.2, 0) is 0 Å². The van der Waals surface area contributed by atoms with Gasteiger partial charge < -0.3 is 24.4 Å². The highest BCUT2D eigenvalue weighted by molar-refractivity contribution is 6.27. The molecule has 7 aromatic rings. The highest BCUT2D eigenvalue weighted by Crippen LogP contribution is 2.38. The van der Waals surface area contributed by atoms with Gasteiger partial charge in [0, 0.05) is 32.3 Å². The summed E-state index contributed by atoms with van der Waals surface area (Å²) >= 11 is 0. The fourth-order valence-electron chi connectivity index (χ4n) is 5.39. The summed E-state index contributed by atoms with van der Waals surface area (Å²) < 4.78 is 77.4. The molecule has 43 heavy (non-hydrogen) atoms. The molecule has 209 valence electrons. The molecule has 7 nitrogen and oxygen atoms in total. The average molecular weight is 581 g/mol. The molecule has 0 aliphatic carbocycles. The third-order valence-corrected chi connectivity index (χ3v) is 7.39. The van der Waals surface area contributed by atoms with Crippen LogP contribution in [0.4, 0.5) is 45.2 Å². The number of anilines is 2. The van der Waals surface area contributed by atoms with Crippen molar-refractivity contribution in [2.75, 3.05) is 5.32 Å². The van der Waals surface area contributed by atoms with E-state index in [0.717, 1.165) is 29.2 Å². The normalized spacial score (nSPS) is 12.4. The molecule has 4 aromatic carbocycles. The monoisotopic (exact) mass is 581 g/mol. The maximum atomic E-state index is 14.6. The van der Waals surface area contributed by atoms with Crippen LogP contribution in [0, 0.1) is 29.1 Å². The van der Waals surface area contributed by atoms with E-state index in [-0.39, 0.29) is 11.0 Å². The minimum Gasteiger partial charge on any atom is -0.538 e. The zero-order valence-electron chi connectivity index (χ0n) is 21.6. The van der Waals surface area contributed by atoms with Crippen LogP contribution in [0.1, 0.15) is 0 Å². The van der Waals surface area contributed by atoms with Crippen LogP contribution >= 0.6 is 0 Å². The molecule has 0 fully saturated rings. The fourth-order valence-corrected chi connectivity index (χ4v) is 5.39. The van der Waals surface area contributed by atoms with Gasteiger partial charge in [0.25, 0.3) is 0 Å². The van der Waals surface area contributed by atoms with Gasteiger partial charge in [-0.25, -0.2) is 23.2 Å². The maximum absolute atomic E-state index is 14.6. The van der Waals surface area contributed by atoms with Crippen molar-refractivity contribution in [2.24, 2.45) is 9.98 Å². The summed E-state index contributed by atoms with van der Waals surface area (Å²) in [5.41, 5.74) is 0.460. The van der Waals surface area contributed by atoms with Crippen molar-refractivity contribution in [3.8, 4) is 5.75 Å². The molecule has 3 aromatic heterocycles. The van der Waals surface area contributed by atoms with Gasteiger partial charge in [0.1, 0.15) is 34.2 Å². The van der Waals surface area contributed by atoms with Crippen molar-refractivity contribution in [3.63, 3.8) is 0 Å². The first-order chi connectivity index (χ1) is 20.9. The first kappa shape index (κ1) is 25.2. The Bertz CT molecular complexity index is 2260. The van der Waals surface area contributed by atoms with Crippen molar-refractivity contribution in [3.05, 3.63) is 113 Å². The summed E-state index contributed by atoms with van der Waals surface area (Å²) in [5, 5.41) is 7.79. The zero-order valence-corrected chi connectivity index (χ0v) is 21.6. The number of H-pyrrole nitrogens is 2. The highest BCUT2D eigenvalue weighted by Gasteiger charge is 2.28. The van der Waals surface area contributed by atoms with E-state index >= 15 is 0 Å². The predicted octanol–water partition coefficient (Wildman–Crippen LogP) is 6.72. The van der Waals surface area contributed by atoms with Crippen molar-refractivity contribution in [1.29, 1.82) is 0 Å². The van der Waals surface area contributed by atoms with E-state index in [9.17, 15) is 22.0 Å². The van der Waals surface area contributed by atoms with E-state index < -0.39 is 34.8 Å². The van der Waals surface area contributed by atoms with Crippen molar-refractivity contribution in [2.45, 2.75) is 0 Å². The number of aromatic nitrogens is 3. The molecule has 1 aliphatic heterocycles. The summed E-state index contributed by atoms with van der Waals surface area (Å²) in [4.78, 5) is 16.4. The van der Waals surface area contributed by atoms with Gasteiger partial charge >= 0.3 is 7.62 Å². The Balaban J connectivity index is 1.48. The molecular weight excluding hydrogens is 566 g/mol. The van der Waals surface area contributed by atoms with Gasteiger partial charge in [0.05, 0.1) is 0 Å². The number of halogens is 5. The second-order valence-electron chi connectivity index (χ2n) is 9.82. The van der Waals surface area contributed by atoms with Crippen LogP contribution < -0.4 is 20.9 Å². The zero-order chi connectivity index (χ0) is 29.4. The minimum atomic E-state index is -2.28. The topological polar surface area (TPSA) is 82.5 Å². The third-order valence-electron chi connectivity index (χ3n) is 7.39. The smallest absolute Gasteiger partial charge is 0.529 e. The summed E-state index contributed by atoms with van der Waals surface area (Å²) in [7, 11) is 0.831. The van der Waals surface area contributed by atoms with Crippen molar-refractivity contribution < 1.29 is 26.6 Å². The Morgan fingerprint density at radius 1 is 0.535 bits per heavy atom. The first-order valence-electron chi connectivity index (χ1n) is 13.0. The Labute approximate surface area is 238 Å². The number of nitrogens with zero attached hydrogens (tertiary/aromatic N) is 3. The van der Waals surface area contributed by atoms with Gasteiger partial charge in [-0.05, 0) is 0 Å². The van der Waals surface area contributed by atoms with Crippen molar-refractivity contribution in [1.82, 2.24) is 14.4 Å². The Morgan fingerprint density at radius 2 is 0.930 bits per heavy atom. The second-order valence-corrected chi connectivity index (χ2v) is 9.82. The number of fused-ring (bicyclic) bond motifs is 15. The highest BCUT2D eigenvalue weighted by atomic mass is 19.2. The van der Waals surface area contributed by atoms with Crippen LogP contribution in [0.2, 0.25) is 0 Å². The standard InChI is InChI=1S/C30H15BF5N6O/c32-19-20(33)22(35)24(23(36)21(19)34)43-31-42-29-17-11-5-6-12-18(17)30(42)41-28-16-10-4-2-8-14(16)26(39-28)37-25-13-7-1-3-9-15(13)27(38-25)40-29/h1-12,37-39H. The lowest BCUT2D eigenvalue weighted by Gasteiger charge is -2.10. The number of rotatable bonds is 3. The fraction of sp³-hybridized carbons (Fsp3) is 0. The summed E-state index contributed by atoms with van der Waals surface area (Å²) in [6.07, 6.45) is 0. The molecule has 0 saturated carbocycles. The quantitative estimate of drug-likeness (QED) is 0.0938. The first-order valence-corrected chi connectivity index (χ1v) is 13.0. The molecule has 1 aliphatic rings. The van der Waals surface area contributed by atoms with Gasteiger partial charge in [-0.2, -0.15) is 8.78 Å². The molecular formula is C30H15BF5N6O. The molecule has 13 heteroatoms. The summed E-state index contributed by atoms with van der Waals surface area (Å²) in [6.45, 7) is 0.